The van der Waals surface area contributed by atoms with Crippen molar-refractivity contribution >= 4 is 29.4 Å². The molecule has 68 valence electrons. The van der Waals surface area contributed by atoms with Gasteiger partial charge in [-0.1, -0.05) is 6.92 Å². The van der Waals surface area contributed by atoms with Crippen LogP contribution in [0.5, 0.6) is 0 Å². The van der Waals surface area contributed by atoms with E-state index in [2.05, 4.69) is 12.2 Å². The molecule has 2 rings (SSSR count). The minimum atomic E-state index is 0.279. The number of nitrogens with one attached hydrogen (secondary N) is 1. The molecule has 0 spiro atoms. The van der Waals surface area contributed by atoms with Crippen LogP contribution in [0, 0.1) is 11.8 Å². The van der Waals surface area contributed by atoms with Gasteiger partial charge >= 0.3 is 0 Å². The second kappa shape index (κ2) is 3.50. The predicted octanol–water partition coefficient (Wildman–Crippen LogP) is 1.17. The summed E-state index contributed by atoms with van der Waals surface area (Å²) in [7, 11) is 0. The molecule has 12 heavy (non-hydrogen) atoms. The number of amides is 1. The number of fused-ring (bicyclic) bond motifs is 2. The van der Waals surface area contributed by atoms with Crippen molar-refractivity contribution in [1.82, 2.24) is 5.32 Å². The molecule has 4 heteroatoms. The van der Waals surface area contributed by atoms with E-state index in [-0.39, 0.29) is 11.8 Å². The zero-order valence-electron chi connectivity index (χ0n) is 7.08. The van der Waals surface area contributed by atoms with Crippen molar-refractivity contribution in [1.29, 1.82) is 0 Å². The first-order valence-corrected chi connectivity index (χ1v) is 6.56. The van der Waals surface area contributed by atoms with Crippen LogP contribution in [0.15, 0.2) is 0 Å². The number of hydrogen-bond donors (Lipinski definition) is 1. The molecule has 2 nitrogen and oxygen atoms in total. The Bertz CT molecular complexity index is 197. The van der Waals surface area contributed by atoms with Crippen LogP contribution >= 0.6 is 23.5 Å². The second-order valence-corrected chi connectivity index (χ2v) is 5.87. The standard InChI is InChI=1S/C8H13NOS2/c1-5-6-2-11-4-12-3-7(5)9-8(6)10/h5-7H,2-4H2,1H3,(H,9,10). The Kier molecular flexibility index (Phi) is 2.55. The molecule has 0 saturated carbocycles. The van der Waals surface area contributed by atoms with Crippen LogP contribution in [0.3, 0.4) is 0 Å². The molecule has 0 radical (unpaired) electrons. The van der Waals surface area contributed by atoms with Crippen molar-refractivity contribution in [2.75, 3.05) is 16.6 Å². The smallest absolute Gasteiger partial charge is 0.224 e. The topological polar surface area (TPSA) is 29.1 Å². The van der Waals surface area contributed by atoms with Crippen LogP contribution in [-0.2, 0) is 4.79 Å². The van der Waals surface area contributed by atoms with Crippen molar-refractivity contribution in [2.45, 2.75) is 13.0 Å². The van der Waals surface area contributed by atoms with Crippen LogP contribution in [0.1, 0.15) is 6.92 Å². The van der Waals surface area contributed by atoms with Gasteiger partial charge in [-0.25, -0.2) is 0 Å². The van der Waals surface area contributed by atoms with Gasteiger partial charge < -0.3 is 5.32 Å². The Balaban J connectivity index is 2.12. The fourth-order valence-electron chi connectivity index (χ4n) is 1.77. The molecule has 2 fully saturated rings. The highest BCUT2D eigenvalue weighted by molar-refractivity contribution is 8.16. The lowest BCUT2D eigenvalue weighted by Gasteiger charge is -2.20. The van der Waals surface area contributed by atoms with Crippen molar-refractivity contribution in [3.8, 4) is 0 Å². The lowest BCUT2D eigenvalue weighted by atomic mass is 9.95. The number of carbonyl (C=O) groups is 1. The van der Waals surface area contributed by atoms with E-state index in [4.69, 9.17) is 0 Å². The van der Waals surface area contributed by atoms with Gasteiger partial charge in [-0.05, 0) is 5.92 Å². The highest BCUT2D eigenvalue weighted by Crippen LogP contribution is 2.32. The van der Waals surface area contributed by atoms with Crippen molar-refractivity contribution in [2.24, 2.45) is 11.8 Å². The van der Waals surface area contributed by atoms with Crippen LogP contribution in [0.2, 0.25) is 0 Å². The molecular weight excluding hydrogens is 190 g/mol. The van der Waals surface area contributed by atoms with E-state index in [0.29, 0.717) is 12.0 Å². The van der Waals surface area contributed by atoms with Gasteiger partial charge in [0.1, 0.15) is 0 Å². The largest absolute Gasteiger partial charge is 0.352 e. The normalized spacial score (nSPS) is 41.8. The molecule has 2 saturated heterocycles. The summed E-state index contributed by atoms with van der Waals surface area (Å²) in [5.41, 5.74) is 0. The SMILES string of the molecule is CC1C2CSCSCC1C(=O)N2. The first-order valence-electron chi connectivity index (χ1n) is 4.25. The Morgan fingerprint density at radius 2 is 2.17 bits per heavy atom. The molecule has 0 aliphatic carbocycles. The van der Waals surface area contributed by atoms with E-state index in [0.717, 1.165) is 16.6 Å². The molecule has 2 aliphatic heterocycles. The molecule has 2 heterocycles. The summed E-state index contributed by atoms with van der Waals surface area (Å²) in [5, 5.41) is 4.22. The zero-order chi connectivity index (χ0) is 8.55. The lowest BCUT2D eigenvalue weighted by Crippen LogP contribution is -2.30. The van der Waals surface area contributed by atoms with Gasteiger partial charge in [0, 0.05) is 22.6 Å². The van der Waals surface area contributed by atoms with Gasteiger partial charge in [0.15, 0.2) is 0 Å². The average molecular weight is 203 g/mol. The minimum absolute atomic E-state index is 0.279. The highest BCUT2D eigenvalue weighted by Gasteiger charge is 2.39. The molecule has 0 aromatic heterocycles. The van der Waals surface area contributed by atoms with Gasteiger partial charge in [0.25, 0.3) is 0 Å². The molecule has 1 N–H and O–H groups in total. The maximum absolute atomic E-state index is 11.4. The fourth-order valence-corrected chi connectivity index (χ4v) is 4.36. The molecular formula is C8H13NOS2. The number of carbonyl (C=O) groups excluding carboxylic acids is 1. The van der Waals surface area contributed by atoms with E-state index in [1.54, 1.807) is 0 Å². The zero-order valence-corrected chi connectivity index (χ0v) is 8.71. The highest BCUT2D eigenvalue weighted by atomic mass is 32.2. The first-order chi connectivity index (χ1) is 5.79. The summed E-state index contributed by atoms with van der Waals surface area (Å²) in [6.07, 6.45) is 0. The Morgan fingerprint density at radius 3 is 3.00 bits per heavy atom. The molecule has 2 aliphatic rings. The molecule has 2 bridgehead atoms. The van der Waals surface area contributed by atoms with E-state index in [9.17, 15) is 4.79 Å². The summed E-state index contributed by atoms with van der Waals surface area (Å²) in [4.78, 5) is 11.4. The first kappa shape index (κ1) is 8.75. The fraction of sp³-hybridized carbons (Fsp3) is 0.875. The third-order valence-corrected chi connectivity index (χ3v) is 5.22. The summed E-state index contributed by atoms with van der Waals surface area (Å²) in [6.45, 7) is 2.19. The Labute approximate surface area is 81.2 Å². The van der Waals surface area contributed by atoms with Crippen molar-refractivity contribution in [3.05, 3.63) is 0 Å². The monoisotopic (exact) mass is 203 g/mol. The minimum Gasteiger partial charge on any atom is -0.352 e. The summed E-state index contributed by atoms with van der Waals surface area (Å²) in [6, 6.07) is 0.438. The van der Waals surface area contributed by atoms with Crippen molar-refractivity contribution in [3.63, 3.8) is 0 Å². The van der Waals surface area contributed by atoms with Gasteiger partial charge in [-0.15, -0.1) is 11.8 Å². The number of rotatable bonds is 0. The van der Waals surface area contributed by atoms with Gasteiger partial charge in [-0.3, -0.25) is 4.79 Å². The predicted molar refractivity (Wildman–Crippen MR) is 54.4 cm³/mol. The molecule has 0 aromatic carbocycles. The summed E-state index contributed by atoms with van der Waals surface area (Å²) in [5.74, 6) is 3.20. The van der Waals surface area contributed by atoms with Crippen LogP contribution in [-0.4, -0.2) is 28.5 Å². The maximum Gasteiger partial charge on any atom is 0.224 e. The van der Waals surface area contributed by atoms with Gasteiger partial charge in [0.2, 0.25) is 5.91 Å². The van der Waals surface area contributed by atoms with E-state index < -0.39 is 0 Å². The number of thioether (sulfide) groups is 2. The third kappa shape index (κ3) is 1.46. The van der Waals surface area contributed by atoms with Gasteiger partial charge in [0.05, 0.1) is 5.92 Å². The summed E-state index contributed by atoms with van der Waals surface area (Å²) >= 11 is 3.84. The molecule has 3 atom stereocenters. The molecule has 0 aromatic rings. The third-order valence-electron chi connectivity index (χ3n) is 2.70. The quantitative estimate of drug-likeness (QED) is 0.641. The Morgan fingerprint density at radius 1 is 1.42 bits per heavy atom. The lowest BCUT2D eigenvalue weighted by molar-refractivity contribution is -0.122. The van der Waals surface area contributed by atoms with E-state index in [1.807, 2.05) is 23.5 Å². The molecule has 1 amide bonds. The number of hydrogen-bond acceptors (Lipinski definition) is 3. The summed E-state index contributed by atoms with van der Waals surface area (Å²) < 4.78 is 0. The van der Waals surface area contributed by atoms with Crippen LogP contribution in [0.25, 0.3) is 0 Å². The van der Waals surface area contributed by atoms with Crippen molar-refractivity contribution < 1.29 is 4.79 Å². The Hall–Kier alpha value is 0.170. The van der Waals surface area contributed by atoms with Crippen LogP contribution < -0.4 is 5.32 Å². The van der Waals surface area contributed by atoms with E-state index >= 15 is 0 Å². The maximum atomic E-state index is 11.4. The average Bonchev–Trinajstić information content (AvgIpc) is 2.33. The second-order valence-electron chi connectivity index (χ2n) is 3.44. The molecule has 3 unspecified atom stereocenters. The van der Waals surface area contributed by atoms with Gasteiger partial charge in [-0.2, -0.15) is 11.8 Å². The van der Waals surface area contributed by atoms with E-state index in [1.165, 1.54) is 0 Å². The van der Waals surface area contributed by atoms with Crippen LogP contribution in [0.4, 0.5) is 0 Å².